The quantitative estimate of drug-likeness (QED) is 0.168. The molecule has 3 heteroatoms. The lowest BCUT2D eigenvalue weighted by Crippen LogP contribution is -1.94. The van der Waals surface area contributed by atoms with Crippen molar-refractivity contribution in [2.75, 3.05) is 0 Å². The lowest BCUT2D eigenvalue weighted by molar-refractivity contribution is 1.18. The zero-order valence-corrected chi connectivity index (χ0v) is 30.5. The summed E-state index contributed by atoms with van der Waals surface area (Å²) < 4.78 is 4.80. The van der Waals surface area contributed by atoms with E-state index in [-0.39, 0.29) is 0 Å². The Bertz CT molecular complexity index is 3210. The molecule has 0 atom stereocenters. The third-order valence-corrected chi connectivity index (χ3v) is 11.2. The predicted octanol–water partition coefficient (Wildman–Crippen LogP) is 13.9. The molecule has 0 saturated carbocycles. The van der Waals surface area contributed by atoms with Gasteiger partial charge in [-0.1, -0.05) is 127 Å². The van der Waals surface area contributed by atoms with Crippen LogP contribution < -0.4 is 0 Å². The minimum atomic E-state index is 1.14. The topological polar surface area (TPSA) is 22.8 Å². The molecule has 0 spiro atoms. The van der Waals surface area contributed by atoms with Gasteiger partial charge in [0.1, 0.15) is 0 Å². The summed E-state index contributed by atoms with van der Waals surface area (Å²) in [6, 6.07) is 72.7. The Morgan fingerprint density at radius 3 is 1.27 bits per heavy atom. The largest absolute Gasteiger partial charge is 0.309 e. The number of hydrogen-bond acceptors (Lipinski definition) is 1. The molecule has 0 aliphatic carbocycles. The van der Waals surface area contributed by atoms with Crippen LogP contribution in [0.5, 0.6) is 0 Å². The predicted molar refractivity (Wildman–Crippen MR) is 235 cm³/mol. The average Bonchev–Trinajstić information content (AvgIpc) is 3.79. The zero-order chi connectivity index (χ0) is 37.0. The second-order valence-electron chi connectivity index (χ2n) is 14.4. The van der Waals surface area contributed by atoms with Gasteiger partial charge in [0.05, 0.1) is 22.1 Å². The van der Waals surface area contributed by atoms with Gasteiger partial charge in [0.2, 0.25) is 0 Å². The van der Waals surface area contributed by atoms with Crippen LogP contribution in [0.15, 0.2) is 213 Å². The molecule has 11 aromatic rings. The van der Waals surface area contributed by atoms with Crippen molar-refractivity contribution in [3.8, 4) is 55.9 Å². The van der Waals surface area contributed by atoms with E-state index in [1.165, 1.54) is 88.1 Å². The Morgan fingerprint density at radius 1 is 0.250 bits per heavy atom. The van der Waals surface area contributed by atoms with E-state index < -0.39 is 0 Å². The minimum absolute atomic E-state index is 1.14. The fraction of sp³-hybridized carbons (Fsp3) is 0. The summed E-state index contributed by atoms with van der Waals surface area (Å²) in [5.74, 6) is 0. The molecule has 8 aromatic carbocycles. The highest BCUT2D eigenvalue weighted by atomic mass is 15.0. The van der Waals surface area contributed by atoms with Crippen LogP contribution in [0.4, 0.5) is 0 Å². The Labute approximate surface area is 325 Å². The van der Waals surface area contributed by atoms with Gasteiger partial charge in [-0.25, -0.2) is 0 Å². The highest BCUT2D eigenvalue weighted by molar-refractivity contribution is 6.12. The maximum absolute atomic E-state index is 4.17. The Morgan fingerprint density at radius 2 is 0.661 bits per heavy atom. The summed E-state index contributed by atoms with van der Waals surface area (Å²) in [7, 11) is 0. The van der Waals surface area contributed by atoms with Crippen LogP contribution in [0.1, 0.15) is 0 Å². The molecule has 56 heavy (non-hydrogen) atoms. The van der Waals surface area contributed by atoms with Crippen LogP contribution >= 0.6 is 0 Å². The molecule has 0 aliphatic rings. The number of fused-ring (bicyclic) bond motifs is 6. The molecule has 0 N–H and O–H groups in total. The van der Waals surface area contributed by atoms with Crippen LogP contribution in [-0.4, -0.2) is 14.1 Å². The first-order valence-electron chi connectivity index (χ1n) is 19.1. The van der Waals surface area contributed by atoms with Crippen LogP contribution in [-0.2, 0) is 0 Å². The van der Waals surface area contributed by atoms with E-state index in [4.69, 9.17) is 0 Å². The van der Waals surface area contributed by atoms with E-state index in [9.17, 15) is 0 Å². The van der Waals surface area contributed by atoms with Gasteiger partial charge in [-0.3, -0.25) is 4.98 Å². The zero-order valence-electron chi connectivity index (χ0n) is 30.5. The molecule has 0 amide bonds. The minimum Gasteiger partial charge on any atom is -0.309 e. The van der Waals surface area contributed by atoms with Gasteiger partial charge < -0.3 is 9.13 Å². The van der Waals surface area contributed by atoms with E-state index in [1.807, 2.05) is 24.5 Å². The van der Waals surface area contributed by atoms with Crippen molar-refractivity contribution < 1.29 is 0 Å². The Kier molecular flexibility index (Phi) is 7.49. The number of nitrogens with zero attached hydrogens (tertiary/aromatic N) is 3. The lowest BCUT2D eigenvalue weighted by Gasteiger charge is -2.11. The third-order valence-electron chi connectivity index (χ3n) is 11.2. The number of pyridine rings is 1. The van der Waals surface area contributed by atoms with Gasteiger partial charge in [-0.2, -0.15) is 0 Å². The average molecular weight is 714 g/mol. The van der Waals surface area contributed by atoms with Crippen molar-refractivity contribution >= 4 is 43.6 Å². The first-order chi connectivity index (χ1) is 27.8. The van der Waals surface area contributed by atoms with Crippen molar-refractivity contribution in [1.29, 1.82) is 0 Å². The van der Waals surface area contributed by atoms with Crippen molar-refractivity contribution in [3.63, 3.8) is 0 Å². The van der Waals surface area contributed by atoms with E-state index in [0.717, 1.165) is 11.4 Å². The number of hydrogen-bond donors (Lipinski definition) is 0. The molecule has 262 valence electrons. The van der Waals surface area contributed by atoms with Gasteiger partial charge in [0.15, 0.2) is 0 Å². The molecule has 3 heterocycles. The number of rotatable bonds is 6. The fourth-order valence-electron chi connectivity index (χ4n) is 8.52. The maximum atomic E-state index is 4.17. The second-order valence-corrected chi connectivity index (χ2v) is 14.4. The Balaban J connectivity index is 0.991. The molecule has 0 aliphatic heterocycles. The molecular weight excluding hydrogens is 679 g/mol. The molecule has 0 saturated heterocycles. The number of aromatic nitrogens is 3. The van der Waals surface area contributed by atoms with Crippen LogP contribution in [0, 0.1) is 0 Å². The van der Waals surface area contributed by atoms with Gasteiger partial charge in [0.25, 0.3) is 0 Å². The molecule has 0 bridgehead atoms. The fourth-order valence-corrected chi connectivity index (χ4v) is 8.52. The van der Waals surface area contributed by atoms with Crippen molar-refractivity contribution in [2.24, 2.45) is 0 Å². The van der Waals surface area contributed by atoms with Crippen LogP contribution in [0.2, 0.25) is 0 Å². The molecular formula is C53H35N3. The van der Waals surface area contributed by atoms with Crippen molar-refractivity contribution in [1.82, 2.24) is 14.1 Å². The van der Waals surface area contributed by atoms with Gasteiger partial charge in [0, 0.05) is 45.3 Å². The summed E-state index contributed by atoms with van der Waals surface area (Å²) in [4.78, 5) is 4.17. The smallest absolute Gasteiger partial charge is 0.0541 e. The molecule has 3 nitrogen and oxygen atoms in total. The van der Waals surface area contributed by atoms with Crippen LogP contribution in [0.3, 0.4) is 0 Å². The molecule has 11 rings (SSSR count). The van der Waals surface area contributed by atoms with Gasteiger partial charge in [-0.05, 0) is 117 Å². The summed E-state index contributed by atoms with van der Waals surface area (Å²) in [5.41, 5.74) is 16.7. The summed E-state index contributed by atoms with van der Waals surface area (Å²) in [5, 5.41) is 4.98. The highest BCUT2D eigenvalue weighted by Crippen LogP contribution is 2.39. The van der Waals surface area contributed by atoms with E-state index >= 15 is 0 Å². The molecule has 0 unspecified atom stereocenters. The summed E-state index contributed by atoms with van der Waals surface area (Å²) in [6.45, 7) is 0. The highest BCUT2D eigenvalue weighted by Gasteiger charge is 2.16. The Hall–Kier alpha value is -7.49. The summed E-state index contributed by atoms with van der Waals surface area (Å²) >= 11 is 0. The second kappa shape index (κ2) is 13.1. The first-order valence-corrected chi connectivity index (χ1v) is 19.1. The number of benzene rings is 8. The van der Waals surface area contributed by atoms with E-state index in [1.54, 1.807) is 0 Å². The summed E-state index contributed by atoms with van der Waals surface area (Å²) in [6.07, 6.45) is 3.68. The lowest BCUT2D eigenvalue weighted by atomic mass is 10.0. The first kappa shape index (κ1) is 32.0. The van der Waals surface area contributed by atoms with Gasteiger partial charge in [-0.15, -0.1) is 0 Å². The molecule has 0 radical (unpaired) electrons. The standard InChI is InChI=1S/C53H35N3/c1-2-9-36(10-3-1)38-21-25-44(26-22-38)55-50-15-6-4-13-46(50)48-34-42(23-27-52(48)55)43-24-28-53-49(35-43)47-14-5-7-16-51(47)56(53)45-12-8-11-41(33-45)39-19-17-37(18-20-39)40-29-31-54-32-30-40/h1-35H. The van der Waals surface area contributed by atoms with Crippen molar-refractivity contribution in [3.05, 3.63) is 213 Å². The normalized spacial score (nSPS) is 11.6. The van der Waals surface area contributed by atoms with Crippen LogP contribution in [0.25, 0.3) is 99.5 Å². The monoisotopic (exact) mass is 713 g/mol. The van der Waals surface area contributed by atoms with Crippen molar-refractivity contribution in [2.45, 2.75) is 0 Å². The van der Waals surface area contributed by atoms with E-state index in [0.29, 0.717) is 0 Å². The maximum Gasteiger partial charge on any atom is 0.0541 e. The third kappa shape index (κ3) is 5.32. The van der Waals surface area contributed by atoms with Gasteiger partial charge >= 0.3 is 0 Å². The number of para-hydroxylation sites is 2. The SMILES string of the molecule is c1ccc(-c2ccc(-n3c4ccccc4c4cc(-c5ccc6c(c5)c5ccccc5n6-c5cccc(-c6ccc(-c7ccncc7)cc6)c5)ccc43)cc2)cc1. The van der Waals surface area contributed by atoms with E-state index in [2.05, 4.69) is 202 Å². The molecule has 0 fully saturated rings. The molecule has 3 aromatic heterocycles.